The Balaban J connectivity index is 1.16. The Hall–Kier alpha value is -1.69. The third kappa shape index (κ3) is 4.52. The highest BCUT2D eigenvalue weighted by molar-refractivity contribution is 5.78. The van der Waals surface area contributed by atoms with Gasteiger partial charge in [-0.3, -0.25) is 9.69 Å². The molecule has 1 spiro atoms. The van der Waals surface area contributed by atoms with Gasteiger partial charge in [0.1, 0.15) is 0 Å². The summed E-state index contributed by atoms with van der Waals surface area (Å²) in [6.45, 7) is 12.8. The highest BCUT2D eigenvalue weighted by Gasteiger charge is 2.42. The maximum atomic E-state index is 12.3. The van der Waals surface area contributed by atoms with E-state index in [2.05, 4.69) is 40.9 Å². The standard InChI is InChI=1S/C27H43N5O/c1-19(2)25(33)30-13-11-27(12-14-30)9-7-21(8-10-27)22-15-28-26(29-16-22)32-23-5-6-24(32)18-31(17-23)20(3)4/h15-16,19-21,23-24H,5-14,17-18H2,1-4H3. The summed E-state index contributed by atoms with van der Waals surface area (Å²) in [5.41, 5.74) is 1.79. The number of carbonyl (C=O) groups excluding carboxylic acids is 1. The van der Waals surface area contributed by atoms with Crippen LogP contribution in [-0.2, 0) is 4.79 Å². The summed E-state index contributed by atoms with van der Waals surface area (Å²) in [5, 5.41) is 0. The van der Waals surface area contributed by atoms with Crippen LogP contribution in [0.2, 0.25) is 0 Å². The molecule has 4 aliphatic rings. The van der Waals surface area contributed by atoms with E-state index in [1.807, 2.05) is 13.8 Å². The molecule has 6 heteroatoms. The fourth-order valence-electron chi connectivity index (χ4n) is 6.99. The van der Waals surface area contributed by atoms with Gasteiger partial charge in [-0.05, 0) is 82.1 Å². The topological polar surface area (TPSA) is 52.6 Å². The van der Waals surface area contributed by atoms with Crippen LogP contribution in [0.15, 0.2) is 12.4 Å². The molecule has 6 nitrogen and oxygen atoms in total. The quantitative estimate of drug-likeness (QED) is 0.674. The maximum Gasteiger partial charge on any atom is 0.225 e. The van der Waals surface area contributed by atoms with Crippen LogP contribution in [0.3, 0.4) is 0 Å². The van der Waals surface area contributed by atoms with E-state index < -0.39 is 0 Å². The van der Waals surface area contributed by atoms with E-state index in [1.54, 1.807) is 0 Å². The van der Waals surface area contributed by atoms with Gasteiger partial charge in [-0.1, -0.05) is 13.8 Å². The number of fused-ring (bicyclic) bond motifs is 2. The first-order valence-corrected chi connectivity index (χ1v) is 13.5. The number of amides is 1. The van der Waals surface area contributed by atoms with Crippen LogP contribution < -0.4 is 4.90 Å². The van der Waals surface area contributed by atoms with E-state index in [-0.39, 0.29) is 5.92 Å². The Morgan fingerprint density at radius 2 is 1.48 bits per heavy atom. The zero-order valence-corrected chi connectivity index (χ0v) is 21.2. The maximum absolute atomic E-state index is 12.3. The van der Waals surface area contributed by atoms with Crippen LogP contribution in [0.5, 0.6) is 0 Å². The van der Waals surface area contributed by atoms with Gasteiger partial charge in [0.25, 0.3) is 0 Å². The second-order valence-electron chi connectivity index (χ2n) is 11.9. The fourth-order valence-corrected chi connectivity index (χ4v) is 6.99. The predicted molar refractivity (Wildman–Crippen MR) is 132 cm³/mol. The average Bonchev–Trinajstić information content (AvgIpc) is 3.08. The summed E-state index contributed by atoms with van der Waals surface area (Å²) in [6.07, 6.45) is 14.2. The smallest absolute Gasteiger partial charge is 0.225 e. The molecule has 2 atom stereocenters. The Kier molecular flexibility index (Phi) is 6.41. The summed E-state index contributed by atoms with van der Waals surface area (Å²) in [4.78, 5) is 29.4. The second-order valence-corrected chi connectivity index (χ2v) is 11.9. The summed E-state index contributed by atoms with van der Waals surface area (Å²) in [7, 11) is 0. The number of likely N-dealkylation sites (tertiary alicyclic amines) is 2. The molecule has 1 aromatic rings. The first kappa shape index (κ1) is 23.1. The van der Waals surface area contributed by atoms with Crippen molar-refractivity contribution in [3.05, 3.63) is 18.0 Å². The van der Waals surface area contributed by atoms with E-state index in [0.29, 0.717) is 35.4 Å². The molecule has 3 saturated heterocycles. The lowest BCUT2D eigenvalue weighted by molar-refractivity contribution is -0.137. The zero-order chi connectivity index (χ0) is 23.2. The van der Waals surface area contributed by atoms with Crippen molar-refractivity contribution in [2.75, 3.05) is 31.1 Å². The molecule has 182 valence electrons. The first-order valence-electron chi connectivity index (χ1n) is 13.5. The van der Waals surface area contributed by atoms with Crippen molar-refractivity contribution in [2.24, 2.45) is 11.3 Å². The third-order valence-electron chi connectivity index (χ3n) is 9.28. The van der Waals surface area contributed by atoms with Crippen molar-refractivity contribution >= 4 is 11.9 Å². The van der Waals surface area contributed by atoms with Crippen LogP contribution >= 0.6 is 0 Å². The van der Waals surface area contributed by atoms with E-state index in [0.717, 1.165) is 32.1 Å². The number of rotatable bonds is 4. The molecular weight excluding hydrogens is 410 g/mol. The van der Waals surface area contributed by atoms with Crippen molar-refractivity contribution in [1.82, 2.24) is 19.8 Å². The average molecular weight is 454 g/mol. The van der Waals surface area contributed by atoms with Crippen LogP contribution in [0.1, 0.15) is 90.5 Å². The molecule has 1 aromatic heterocycles. The molecule has 0 N–H and O–H groups in total. The van der Waals surface area contributed by atoms with Gasteiger partial charge in [-0.15, -0.1) is 0 Å². The molecule has 33 heavy (non-hydrogen) atoms. The molecule has 1 aliphatic carbocycles. The van der Waals surface area contributed by atoms with Gasteiger partial charge in [0, 0.05) is 62.6 Å². The molecule has 3 aliphatic heterocycles. The van der Waals surface area contributed by atoms with Crippen molar-refractivity contribution in [3.8, 4) is 0 Å². The Morgan fingerprint density at radius 1 is 0.909 bits per heavy atom. The predicted octanol–water partition coefficient (Wildman–Crippen LogP) is 4.46. The molecule has 0 aromatic carbocycles. The molecule has 4 fully saturated rings. The molecule has 1 amide bonds. The van der Waals surface area contributed by atoms with Crippen molar-refractivity contribution in [3.63, 3.8) is 0 Å². The number of hydrogen-bond acceptors (Lipinski definition) is 5. The SMILES string of the molecule is CC(C)C(=O)N1CCC2(CCC(c3cnc(N4C5CCC4CN(C(C)C)C5)nc3)CC2)CC1. The fraction of sp³-hybridized carbons (Fsp3) is 0.815. The molecule has 0 radical (unpaired) electrons. The number of carbonyl (C=O) groups is 1. The van der Waals surface area contributed by atoms with Crippen molar-refractivity contribution in [1.29, 1.82) is 0 Å². The van der Waals surface area contributed by atoms with Crippen LogP contribution in [0.4, 0.5) is 5.95 Å². The van der Waals surface area contributed by atoms with Gasteiger partial charge in [0.2, 0.25) is 11.9 Å². The Morgan fingerprint density at radius 3 is 2.00 bits per heavy atom. The lowest BCUT2D eigenvalue weighted by atomic mass is 9.64. The lowest BCUT2D eigenvalue weighted by Gasteiger charge is -2.46. The van der Waals surface area contributed by atoms with Gasteiger partial charge in [0.05, 0.1) is 0 Å². The molecule has 1 saturated carbocycles. The van der Waals surface area contributed by atoms with E-state index in [4.69, 9.17) is 9.97 Å². The number of aromatic nitrogens is 2. The highest BCUT2D eigenvalue weighted by atomic mass is 16.2. The van der Waals surface area contributed by atoms with Crippen LogP contribution in [-0.4, -0.2) is 70.0 Å². The Bertz CT molecular complexity index is 805. The number of piperazine rings is 1. The molecule has 4 heterocycles. The third-order valence-corrected chi connectivity index (χ3v) is 9.28. The number of hydrogen-bond donors (Lipinski definition) is 0. The minimum Gasteiger partial charge on any atom is -0.342 e. The summed E-state index contributed by atoms with van der Waals surface area (Å²) in [5.74, 6) is 1.99. The molecule has 2 bridgehead atoms. The van der Waals surface area contributed by atoms with Crippen molar-refractivity contribution < 1.29 is 4.79 Å². The summed E-state index contributed by atoms with van der Waals surface area (Å²) in [6, 6.07) is 1.76. The van der Waals surface area contributed by atoms with Gasteiger partial charge in [0.15, 0.2) is 0 Å². The summed E-state index contributed by atoms with van der Waals surface area (Å²) >= 11 is 0. The monoisotopic (exact) mass is 453 g/mol. The normalized spacial score (nSPS) is 28.3. The second kappa shape index (κ2) is 9.16. The largest absolute Gasteiger partial charge is 0.342 e. The number of piperidine rings is 1. The number of anilines is 1. The van der Waals surface area contributed by atoms with Gasteiger partial charge in [-0.2, -0.15) is 0 Å². The summed E-state index contributed by atoms with van der Waals surface area (Å²) < 4.78 is 0. The van der Waals surface area contributed by atoms with E-state index in [9.17, 15) is 4.79 Å². The van der Waals surface area contributed by atoms with Crippen LogP contribution in [0, 0.1) is 11.3 Å². The highest BCUT2D eigenvalue weighted by Crippen LogP contribution is 2.49. The van der Waals surface area contributed by atoms with Gasteiger partial charge < -0.3 is 9.80 Å². The van der Waals surface area contributed by atoms with Crippen LogP contribution in [0.25, 0.3) is 0 Å². The first-order chi connectivity index (χ1) is 15.8. The minimum atomic E-state index is 0.118. The van der Waals surface area contributed by atoms with Gasteiger partial charge >= 0.3 is 0 Å². The molecule has 2 unspecified atom stereocenters. The molecular formula is C27H43N5O. The number of nitrogens with zero attached hydrogens (tertiary/aromatic N) is 5. The Labute approximate surface area is 200 Å². The van der Waals surface area contributed by atoms with Crippen molar-refractivity contribution in [2.45, 2.75) is 103 Å². The zero-order valence-electron chi connectivity index (χ0n) is 21.2. The van der Waals surface area contributed by atoms with Gasteiger partial charge in [-0.25, -0.2) is 9.97 Å². The molecule has 5 rings (SSSR count). The lowest BCUT2D eigenvalue weighted by Crippen LogP contribution is -2.56. The minimum absolute atomic E-state index is 0.118. The van der Waals surface area contributed by atoms with E-state index in [1.165, 1.54) is 56.9 Å². The van der Waals surface area contributed by atoms with E-state index >= 15 is 0 Å².